The minimum Gasteiger partial charge on any atom is -0.370 e. The van der Waals surface area contributed by atoms with Crippen molar-refractivity contribution in [3.8, 4) is 0 Å². The lowest BCUT2D eigenvalue weighted by Gasteiger charge is -2.21. The molecule has 3 heteroatoms. The molecule has 2 rings (SSSR count). The molecular formula is C16H25N3. The highest BCUT2D eigenvalue weighted by Gasteiger charge is 2.10. The zero-order chi connectivity index (χ0) is 13.3. The molecule has 2 N–H and O–H groups in total. The quantitative estimate of drug-likeness (QED) is 0.513. The Morgan fingerprint density at radius 2 is 1.74 bits per heavy atom. The van der Waals surface area contributed by atoms with E-state index < -0.39 is 0 Å². The molecular weight excluding hydrogens is 234 g/mol. The summed E-state index contributed by atoms with van der Waals surface area (Å²) < 4.78 is 0. The molecule has 0 bridgehead atoms. The van der Waals surface area contributed by atoms with Crippen molar-refractivity contribution in [1.82, 2.24) is 4.90 Å². The Labute approximate surface area is 116 Å². The average molecular weight is 259 g/mol. The van der Waals surface area contributed by atoms with Crippen molar-refractivity contribution < 1.29 is 0 Å². The topological polar surface area (TPSA) is 41.6 Å². The summed E-state index contributed by atoms with van der Waals surface area (Å²) in [5.74, 6) is 0.745. The SMILES string of the molecule is NC(=NCCCc1ccccc1)N1CCCCCC1. The number of hydrogen-bond donors (Lipinski definition) is 1. The molecule has 1 saturated heterocycles. The number of rotatable bonds is 4. The summed E-state index contributed by atoms with van der Waals surface area (Å²) in [5.41, 5.74) is 7.45. The van der Waals surface area contributed by atoms with Gasteiger partial charge in [-0.15, -0.1) is 0 Å². The monoisotopic (exact) mass is 259 g/mol. The van der Waals surface area contributed by atoms with Crippen molar-refractivity contribution in [1.29, 1.82) is 0 Å². The summed E-state index contributed by atoms with van der Waals surface area (Å²) in [4.78, 5) is 6.77. The van der Waals surface area contributed by atoms with E-state index in [9.17, 15) is 0 Å². The van der Waals surface area contributed by atoms with Gasteiger partial charge in [0.15, 0.2) is 5.96 Å². The fourth-order valence-corrected chi connectivity index (χ4v) is 2.52. The van der Waals surface area contributed by atoms with Crippen LogP contribution in [-0.2, 0) is 6.42 Å². The first-order valence-electron chi connectivity index (χ1n) is 7.45. The molecule has 0 unspecified atom stereocenters. The molecule has 104 valence electrons. The lowest BCUT2D eigenvalue weighted by Crippen LogP contribution is -2.38. The fraction of sp³-hybridized carbons (Fsp3) is 0.562. The molecule has 1 aromatic rings. The molecule has 1 heterocycles. The number of benzene rings is 1. The van der Waals surface area contributed by atoms with Gasteiger partial charge in [0.2, 0.25) is 0 Å². The van der Waals surface area contributed by atoms with Gasteiger partial charge in [0.25, 0.3) is 0 Å². The Morgan fingerprint density at radius 1 is 1.05 bits per heavy atom. The molecule has 1 aromatic carbocycles. The van der Waals surface area contributed by atoms with Crippen LogP contribution in [0.3, 0.4) is 0 Å². The Hall–Kier alpha value is -1.51. The summed E-state index contributed by atoms with van der Waals surface area (Å²) in [6.45, 7) is 2.99. The van der Waals surface area contributed by atoms with Crippen molar-refractivity contribution in [2.45, 2.75) is 38.5 Å². The van der Waals surface area contributed by atoms with Gasteiger partial charge >= 0.3 is 0 Å². The van der Waals surface area contributed by atoms with E-state index in [1.54, 1.807) is 0 Å². The molecule has 0 aromatic heterocycles. The van der Waals surface area contributed by atoms with Crippen LogP contribution in [0, 0.1) is 0 Å². The maximum Gasteiger partial charge on any atom is 0.191 e. The van der Waals surface area contributed by atoms with Crippen LogP contribution in [0.1, 0.15) is 37.7 Å². The molecule has 1 aliphatic heterocycles. The van der Waals surface area contributed by atoms with E-state index in [2.05, 4.69) is 40.2 Å². The molecule has 19 heavy (non-hydrogen) atoms. The third kappa shape index (κ3) is 4.93. The van der Waals surface area contributed by atoms with Gasteiger partial charge in [-0.05, 0) is 31.2 Å². The number of likely N-dealkylation sites (tertiary alicyclic amines) is 1. The van der Waals surface area contributed by atoms with Crippen molar-refractivity contribution in [3.63, 3.8) is 0 Å². The van der Waals surface area contributed by atoms with Gasteiger partial charge in [0, 0.05) is 19.6 Å². The van der Waals surface area contributed by atoms with Crippen LogP contribution in [0.5, 0.6) is 0 Å². The molecule has 0 saturated carbocycles. The van der Waals surface area contributed by atoms with E-state index in [0.29, 0.717) is 0 Å². The average Bonchev–Trinajstić information content (AvgIpc) is 2.73. The predicted molar refractivity (Wildman–Crippen MR) is 81.3 cm³/mol. The second kappa shape index (κ2) is 7.82. The van der Waals surface area contributed by atoms with Crippen LogP contribution in [0.15, 0.2) is 35.3 Å². The van der Waals surface area contributed by atoms with E-state index in [0.717, 1.165) is 38.4 Å². The number of aryl methyl sites for hydroxylation is 1. The number of nitrogens with two attached hydrogens (primary N) is 1. The lowest BCUT2D eigenvalue weighted by molar-refractivity contribution is 0.428. The van der Waals surface area contributed by atoms with Crippen LogP contribution in [0.25, 0.3) is 0 Å². The maximum absolute atomic E-state index is 6.07. The second-order valence-corrected chi connectivity index (χ2v) is 5.23. The third-order valence-electron chi connectivity index (χ3n) is 3.67. The smallest absolute Gasteiger partial charge is 0.191 e. The van der Waals surface area contributed by atoms with Gasteiger partial charge in [0.05, 0.1) is 0 Å². The summed E-state index contributed by atoms with van der Waals surface area (Å²) in [6.07, 6.45) is 7.31. The summed E-state index contributed by atoms with van der Waals surface area (Å²) >= 11 is 0. The molecule has 0 atom stereocenters. The zero-order valence-corrected chi connectivity index (χ0v) is 11.7. The van der Waals surface area contributed by atoms with Crippen molar-refractivity contribution >= 4 is 5.96 Å². The molecule has 0 aliphatic carbocycles. The normalized spacial score (nSPS) is 17.3. The van der Waals surface area contributed by atoms with Crippen molar-refractivity contribution in [3.05, 3.63) is 35.9 Å². The highest BCUT2D eigenvalue weighted by molar-refractivity contribution is 5.78. The van der Waals surface area contributed by atoms with Gasteiger partial charge in [0.1, 0.15) is 0 Å². The number of hydrogen-bond acceptors (Lipinski definition) is 1. The highest BCUT2D eigenvalue weighted by atomic mass is 15.2. The maximum atomic E-state index is 6.07. The van der Waals surface area contributed by atoms with E-state index in [1.165, 1.54) is 31.2 Å². The lowest BCUT2D eigenvalue weighted by atomic mass is 10.1. The minimum absolute atomic E-state index is 0.745. The van der Waals surface area contributed by atoms with Gasteiger partial charge in [-0.3, -0.25) is 4.99 Å². The van der Waals surface area contributed by atoms with Crippen molar-refractivity contribution in [2.75, 3.05) is 19.6 Å². The Bertz CT molecular complexity index is 378. The largest absolute Gasteiger partial charge is 0.370 e. The van der Waals surface area contributed by atoms with Crippen LogP contribution in [0.2, 0.25) is 0 Å². The van der Waals surface area contributed by atoms with Crippen LogP contribution < -0.4 is 5.73 Å². The molecule has 0 spiro atoms. The molecule has 3 nitrogen and oxygen atoms in total. The predicted octanol–water partition coefficient (Wildman–Crippen LogP) is 2.81. The van der Waals surface area contributed by atoms with Gasteiger partial charge in [-0.1, -0.05) is 43.2 Å². The minimum atomic E-state index is 0.745. The number of aliphatic imine (C=N–C) groups is 1. The molecule has 0 amide bonds. The standard InChI is InChI=1S/C16H25N3/c17-16(19-13-6-1-2-7-14-19)18-12-8-11-15-9-4-3-5-10-15/h3-5,9-10H,1-2,6-8,11-14H2,(H2,17,18). The van der Waals surface area contributed by atoms with Gasteiger partial charge < -0.3 is 10.6 Å². The Morgan fingerprint density at radius 3 is 2.42 bits per heavy atom. The Kier molecular flexibility index (Phi) is 5.73. The second-order valence-electron chi connectivity index (χ2n) is 5.23. The van der Waals surface area contributed by atoms with E-state index in [4.69, 9.17) is 5.73 Å². The first-order chi connectivity index (χ1) is 9.36. The molecule has 1 fully saturated rings. The van der Waals surface area contributed by atoms with Crippen LogP contribution >= 0.6 is 0 Å². The first-order valence-corrected chi connectivity index (χ1v) is 7.45. The van der Waals surface area contributed by atoms with Crippen LogP contribution in [0.4, 0.5) is 0 Å². The molecule has 1 aliphatic rings. The fourth-order valence-electron chi connectivity index (χ4n) is 2.52. The van der Waals surface area contributed by atoms with E-state index in [-0.39, 0.29) is 0 Å². The third-order valence-corrected chi connectivity index (χ3v) is 3.67. The molecule has 0 radical (unpaired) electrons. The van der Waals surface area contributed by atoms with Crippen LogP contribution in [-0.4, -0.2) is 30.5 Å². The van der Waals surface area contributed by atoms with E-state index >= 15 is 0 Å². The zero-order valence-electron chi connectivity index (χ0n) is 11.7. The summed E-state index contributed by atoms with van der Waals surface area (Å²) in [5, 5.41) is 0. The summed E-state index contributed by atoms with van der Waals surface area (Å²) in [6, 6.07) is 10.6. The number of guanidine groups is 1. The summed E-state index contributed by atoms with van der Waals surface area (Å²) in [7, 11) is 0. The highest BCUT2D eigenvalue weighted by Crippen LogP contribution is 2.09. The van der Waals surface area contributed by atoms with Gasteiger partial charge in [-0.25, -0.2) is 0 Å². The van der Waals surface area contributed by atoms with Crippen molar-refractivity contribution in [2.24, 2.45) is 10.7 Å². The van der Waals surface area contributed by atoms with Gasteiger partial charge in [-0.2, -0.15) is 0 Å². The Balaban J connectivity index is 1.72. The number of nitrogens with zero attached hydrogens (tertiary/aromatic N) is 2. The first kappa shape index (κ1) is 13.9. The van der Waals surface area contributed by atoms with E-state index in [1.807, 2.05) is 0 Å².